The number of aryl methyl sites for hydroxylation is 1. The van der Waals surface area contributed by atoms with Crippen molar-refractivity contribution in [1.82, 2.24) is 21.2 Å². The van der Waals surface area contributed by atoms with E-state index >= 15 is 0 Å². The van der Waals surface area contributed by atoms with E-state index in [-0.39, 0.29) is 44.9 Å². The second kappa shape index (κ2) is 32.3. The average molecular weight is 997 g/mol. The summed E-state index contributed by atoms with van der Waals surface area (Å²) in [5, 5.41) is 48.3. The molecule has 66 heavy (non-hydrogen) atoms. The van der Waals surface area contributed by atoms with Gasteiger partial charge in [0.25, 0.3) is 17.7 Å². The first kappa shape index (κ1) is 55.7. The van der Waals surface area contributed by atoms with Crippen molar-refractivity contribution in [2.75, 3.05) is 26.4 Å². The molecule has 3 amide bonds. The fourth-order valence-corrected chi connectivity index (χ4v) is 7.65. The molecule has 1 heterocycles. The van der Waals surface area contributed by atoms with E-state index in [9.17, 15) is 29.7 Å². The van der Waals surface area contributed by atoms with Crippen LogP contribution in [-0.4, -0.2) is 61.1 Å². The van der Waals surface area contributed by atoms with Crippen molar-refractivity contribution in [3.8, 4) is 0 Å². The summed E-state index contributed by atoms with van der Waals surface area (Å²) in [6.07, 6.45) is 2.45. The number of aliphatic carboxylic acids is 1. The Morgan fingerprint density at radius 1 is 0.636 bits per heavy atom. The van der Waals surface area contributed by atoms with E-state index in [1.54, 1.807) is 24.3 Å². The first-order valence-electron chi connectivity index (χ1n) is 20.2. The number of carboxylic acid groups (broad SMARTS) is 1. The van der Waals surface area contributed by atoms with Crippen LogP contribution in [0, 0.1) is 11.4 Å². The molecule has 6 aromatic rings. The van der Waals surface area contributed by atoms with Gasteiger partial charge in [-0.15, -0.1) is 24.9 Å². The van der Waals surface area contributed by atoms with E-state index in [0.717, 1.165) is 11.1 Å². The molecular weight excluding hydrogens is 946 g/mol. The number of hydrazine groups is 1. The Morgan fingerprint density at radius 2 is 1.09 bits per heavy atom. The summed E-state index contributed by atoms with van der Waals surface area (Å²) in [6, 6.07) is 50.9. The molecule has 0 spiro atoms. The maximum Gasteiger partial charge on any atom is 4.00 e. The minimum Gasteiger partial charge on any atom is -0.854 e. The quantitative estimate of drug-likeness (QED) is 0.0433. The number of nitrogens with one attached hydrogen (secondary N) is 4. The van der Waals surface area contributed by atoms with Crippen molar-refractivity contribution in [3.63, 3.8) is 0 Å². The van der Waals surface area contributed by atoms with Crippen LogP contribution in [0.15, 0.2) is 169 Å². The standard InChI is InChI=1S/C24H25N7O3.C18H15P.C4H7O3.C2H5NO2.Tc/c25-20(12-8-16-4-2-1-3-5-16)24(34)31-30-23(33)18-9-6-17(7-10-18)14-28-22(32)19-11-13-21(29-26)27-15-19;1-4-10-16(11-5-1)19(17-12-6-2-7-13-17)18-14-8-3-9-15-18;5-1-4(2-6)3-7;3-1-2(4)5;/h1-7,9-11,13,15,20,26H,8,12,14,25H2,(H,28,32)(H,30,33)(H,31,34);1-15H;4H,1-3H2;1,3H2,(H,4,5);/q;;-3;;+4/p-1/t20-;;;;/m1..../s1. The maximum atomic E-state index is 12.3. The molecule has 1 atom stereocenters. The second-order valence-corrected chi connectivity index (χ2v) is 16.0. The monoisotopic (exact) mass is 995 g/mol. The zero-order valence-corrected chi connectivity index (χ0v) is 38.6. The van der Waals surface area contributed by atoms with Crippen LogP contribution in [-0.2, 0) is 42.7 Å². The van der Waals surface area contributed by atoms with Crippen molar-refractivity contribution in [3.05, 3.63) is 186 Å². The van der Waals surface area contributed by atoms with Crippen molar-refractivity contribution in [2.45, 2.75) is 25.4 Å². The van der Waals surface area contributed by atoms with E-state index < -0.39 is 57.5 Å². The number of nitrogens with zero attached hydrogens (tertiary/aromatic N) is 2. The minimum absolute atomic E-state index is 0. The summed E-state index contributed by atoms with van der Waals surface area (Å²) in [4.78, 5) is 49.6. The summed E-state index contributed by atoms with van der Waals surface area (Å²) in [6.45, 7) is -1.70. The number of rotatable bonds is 16. The smallest absolute Gasteiger partial charge is 0.854 e. The van der Waals surface area contributed by atoms with Crippen LogP contribution in [0.5, 0.6) is 0 Å². The number of amides is 3. The fraction of sp³-hybridized carbons (Fsp3) is 0.188. The van der Waals surface area contributed by atoms with E-state index in [4.69, 9.17) is 21.2 Å². The van der Waals surface area contributed by atoms with Gasteiger partial charge >= 0.3 is 20.1 Å². The van der Waals surface area contributed by atoms with Gasteiger partial charge in [-0.2, -0.15) is 0 Å². The fourth-order valence-electron chi connectivity index (χ4n) is 5.35. The van der Waals surface area contributed by atoms with E-state index in [0.29, 0.717) is 24.0 Å². The Bertz CT molecular complexity index is 2200. The van der Waals surface area contributed by atoms with Crippen LogP contribution in [0.3, 0.4) is 0 Å². The SMILES string of the molecule is N=Nc1ccc(C(=O)NCc2ccc(C(=O)NNC(=O)[C@H](N)CCc3ccccc3)cc2)cn1.NCC(=O)[O-].[O-]CC(C[O-])C[O-].[Tc+4].c1ccc(P(c2ccccc2)c2ccccc2)cc1. The van der Waals surface area contributed by atoms with Gasteiger partial charge in [-0.05, 0) is 72.1 Å². The number of hydrogen-bond acceptors (Lipinski definition) is 13. The van der Waals surface area contributed by atoms with Crippen LogP contribution in [0.25, 0.3) is 0 Å². The molecule has 0 aliphatic rings. The Morgan fingerprint density at radius 3 is 1.48 bits per heavy atom. The van der Waals surface area contributed by atoms with Gasteiger partial charge in [-0.3, -0.25) is 25.2 Å². The summed E-state index contributed by atoms with van der Waals surface area (Å²) in [5.41, 5.74) is 24.6. The van der Waals surface area contributed by atoms with Crippen molar-refractivity contribution >= 4 is 53.3 Å². The van der Waals surface area contributed by atoms with E-state index in [2.05, 4.69) is 123 Å². The second-order valence-electron chi connectivity index (χ2n) is 13.8. The van der Waals surface area contributed by atoms with Gasteiger partial charge in [0, 0.05) is 24.8 Å². The van der Waals surface area contributed by atoms with Crippen molar-refractivity contribution in [1.29, 1.82) is 5.53 Å². The first-order valence-corrected chi connectivity index (χ1v) is 21.6. The molecule has 5 aromatic carbocycles. The summed E-state index contributed by atoms with van der Waals surface area (Å²) < 4.78 is 0. The Labute approximate surface area is 398 Å². The van der Waals surface area contributed by atoms with Crippen LogP contribution >= 0.6 is 7.92 Å². The number of carbonyl (C=O) groups is 4. The predicted octanol–water partition coefficient (Wildman–Crippen LogP) is 0.216. The third-order valence-electron chi connectivity index (χ3n) is 8.93. The molecule has 1 radical (unpaired) electrons. The molecule has 0 bridgehead atoms. The Hall–Kier alpha value is -6.39. The number of carboxylic acids is 1. The molecule has 0 aliphatic heterocycles. The summed E-state index contributed by atoms with van der Waals surface area (Å²) in [7, 11) is -0.446. The van der Waals surface area contributed by atoms with Gasteiger partial charge in [-0.1, -0.05) is 139 Å². The molecule has 343 valence electrons. The van der Waals surface area contributed by atoms with Crippen LogP contribution < -0.4 is 64.0 Å². The number of nitrogens with two attached hydrogens (primary N) is 2. The minimum atomic E-state index is -1.22. The molecule has 18 heteroatoms. The predicted molar refractivity (Wildman–Crippen MR) is 242 cm³/mol. The third kappa shape index (κ3) is 20.6. The molecular formula is C48H51N8O8PTc. The number of hydrogen-bond donors (Lipinski definition) is 6. The normalized spacial score (nSPS) is 10.5. The molecule has 16 nitrogen and oxygen atoms in total. The molecule has 0 saturated heterocycles. The van der Waals surface area contributed by atoms with Crippen molar-refractivity contribution in [2.24, 2.45) is 22.5 Å². The zero-order valence-electron chi connectivity index (χ0n) is 35.8. The summed E-state index contributed by atoms with van der Waals surface area (Å²) >= 11 is 0. The number of carbonyl (C=O) groups excluding carboxylic acids is 4. The molecule has 0 saturated carbocycles. The molecule has 6 rings (SSSR count). The summed E-state index contributed by atoms with van der Waals surface area (Å²) in [5.74, 6) is -2.95. The number of aromatic nitrogens is 1. The molecule has 8 N–H and O–H groups in total. The number of pyridine rings is 1. The average Bonchev–Trinajstić information content (AvgIpc) is 3.36. The van der Waals surface area contributed by atoms with E-state index in [1.807, 2.05) is 30.3 Å². The maximum absolute atomic E-state index is 12.3. The van der Waals surface area contributed by atoms with Crippen LogP contribution in [0.1, 0.15) is 38.3 Å². The Kier molecular flexibility index (Phi) is 27.3. The Balaban J connectivity index is 0.000000388. The topological polar surface area (TPSA) is 298 Å². The van der Waals surface area contributed by atoms with Gasteiger partial charge < -0.3 is 42.0 Å². The van der Waals surface area contributed by atoms with Gasteiger partial charge in [-0.25, -0.2) is 10.5 Å². The molecule has 0 aliphatic carbocycles. The van der Waals surface area contributed by atoms with Crippen molar-refractivity contribution < 1.29 is 59.7 Å². The van der Waals surface area contributed by atoms with Gasteiger partial charge in [0.1, 0.15) is 0 Å². The van der Waals surface area contributed by atoms with Crippen LogP contribution in [0.4, 0.5) is 5.82 Å². The van der Waals surface area contributed by atoms with Gasteiger partial charge in [0.15, 0.2) is 5.82 Å². The zero-order chi connectivity index (χ0) is 47.2. The molecule has 0 fully saturated rings. The van der Waals surface area contributed by atoms with Crippen LogP contribution in [0.2, 0.25) is 0 Å². The first-order chi connectivity index (χ1) is 31.5. The molecule has 0 unspecified atom stereocenters. The number of benzene rings is 5. The van der Waals surface area contributed by atoms with Gasteiger partial charge in [0.2, 0.25) is 0 Å². The third-order valence-corrected chi connectivity index (χ3v) is 11.4. The van der Waals surface area contributed by atoms with E-state index in [1.165, 1.54) is 34.2 Å². The largest absolute Gasteiger partial charge is 4.00 e. The molecule has 1 aromatic heterocycles. The van der Waals surface area contributed by atoms with Gasteiger partial charge in [0.05, 0.1) is 17.6 Å².